The van der Waals surface area contributed by atoms with Gasteiger partial charge in [0.15, 0.2) is 0 Å². The molecule has 0 radical (unpaired) electrons. The van der Waals surface area contributed by atoms with E-state index in [-0.39, 0.29) is 30.2 Å². The number of amides is 2. The molecule has 0 bridgehead atoms. The van der Waals surface area contributed by atoms with Crippen molar-refractivity contribution in [2.45, 2.75) is 19.9 Å². The molecule has 166 valence electrons. The number of hydrogen-bond donors (Lipinski definition) is 2. The third-order valence-electron chi connectivity index (χ3n) is 4.54. The van der Waals surface area contributed by atoms with Gasteiger partial charge in [0.25, 0.3) is 11.8 Å². The Labute approximate surface area is 191 Å². The number of methoxy groups -OCH3 is 1. The lowest BCUT2D eigenvalue weighted by atomic mass is 10.1. The van der Waals surface area contributed by atoms with Gasteiger partial charge in [-0.3, -0.25) is 9.59 Å². The van der Waals surface area contributed by atoms with Gasteiger partial charge in [-0.1, -0.05) is 23.8 Å². The standard InChI is InChI=1S/C25H26N2O4S/c1-17-6-4-7-19(14-17)24(28)27-23(15-22-8-5-13-32-22)25(29)26-18(2)16-31-21-11-9-20(30-3)10-12-21/h4-15,18H,16H2,1-3H3,(H,26,29)(H,27,28)/b23-15-/t18-/m0/s1. The first-order valence-corrected chi connectivity index (χ1v) is 11.0. The number of thiophene rings is 1. The highest BCUT2D eigenvalue weighted by atomic mass is 32.1. The van der Waals surface area contributed by atoms with Gasteiger partial charge in [-0.25, -0.2) is 0 Å². The highest BCUT2D eigenvalue weighted by Gasteiger charge is 2.17. The molecular weight excluding hydrogens is 424 g/mol. The van der Waals surface area contributed by atoms with Crippen molar-refractivity contribution in [2.75, 3.05) is 13.7 Å². The predicted octanol–water partition coefficient (Wildman–Crippen LogP) is 4.42. The van der Waals surface area contributed by atoms with E-state index in [2.05, 4.69) is 10.6 Å². The van der Waals surface area contributed by atoms with Crippen LogP contribution in [0.2, 0.25) is 0 Å². The minimum atomic E-state index is -0.384. The van der Waals surface area contributed by atoms with E-state index in [1.807, 2.05) is 43.5 Å². The van der Waals surface area contributed by atoms with E-state index in [1.54, 1.807) is 49.6 Å². The van der Waals surface area contributed by atoms with Crippen molar-refractivity contribution in [2.24, 2.45) is 0 Å². The maximum absolute atomic E-state index is 12.9. The lowest BCUT2D eigenvalue weighted by Gasteiger charge is -2.17. The smallest absolute Gasteiger partial charge is 0.268 e. The summed E-state index contributed by atoms with van der Waals surface area (Å²) in [4.78, 5) is 26.5. The van der Waals surface area contributed by atoms with Gasteiger partial charge in [0.2, 0.25) is 0 Å². The lowest BCUT2D eigenvalue weighted by molar-refractivity contribution is -0.118. The Bertz CT molecular complexity index is 1080. The zero-order valence-corrected chi connectivity index (χ0v) is 19.1. The second-order valence-electron chi connectivity index (χ2n) is 7.26. The fourth-order valence-corrected chi connectivity index (χ4v) is 3.55. The Balaban J connectivity index is 1.65. The van der Waals surface area contributed by atoms with Crippen LogP contribution in [0.4, 0.5) is 0 Å². The molecule has 0 aliphatic rings. The normalized spacial score (nSPS) is 12.0. The molecule has 0 saturated heterocycles. The maximum Gasteiger partial charge on any atom is 0.268 e. The molecule has 2 amide bonds. The van der Waals surface area contributed by atoms with Crippen LogP contribution in [0.3, 0.4) is 0 Å². The summed E-state index contributed by atoms with van der Waals surface area (Å²) in [5, 5.41) is 7.55. The largest absolute Gasteiger partial charge is 0.497 e. The number of nitrogens with one attached hydrogen (secondary N) is 2. The molecular formula is C25H26N2O4S. The quantitative estimate of drug-likeness (QED) is 0.473. The van der Waals surface area contributed by atoms with E-state index >= 15 is 0 Å². The summed E-state index contributed by atoms with van der Waals surface area (Å²) in [5.41, 5.74) is 1.64. The van der Waals surface area contributed by atoms with Crippen molar-refractivity contribution in [3.8, 4) is 11.5 Å². The van der Waals surface area contributed by atoms with Crippen molar-refractivity contribution < 1.29 is 19.1 Å². The molecule has 0 fully saturated rings. The van der Waals surface area contributed by atoms with Crippen molar-refractivity contribution in [1.82, 2.24) is 10.6 Å². The third kappa shape index (κ3) is 6.72. The van der Waals surface area contributed by atoms with E-state index < -0.39 is 0 Å². The molecule has 2 N–H and O–H groups in total. The van der Waals surface area contributed by atoms with Gasteiger partial charge in [-0.05, 0) is 67.8 Å². The van der Waals surface area contributed by atoms with Crippen LogP contribution in [0.5, 0.6) is 11.5 Å². The number of ether oxygens (including phenoxy) is 2. The molecule has 0 aliphatic carbocycles. The fraction of sp³-hybridized carbons (Fsp3) is 0.200. The monoisotopic (exact) mass is 450 g/mol. The van der Waals surface area contributed by atoms with Crippen LogP contribution in [-0.2, 0) is 4.79 Å². The van der Waals surface area contributed by atoms with Crippen molar-refractivity contribution >= 4 is 29.2 Å². The Kier molecular flexibility index (Phi) is 8.05. The first kappa shape index (κ1) is 23.1. The molecule has 0 saturated carbocycles. The zero-order chi connectivity index (χ0) is 22.9. The number of hydrogen-bond acceptors (Lipinski definition) is 5. The molecule has 0 unspecified atom stereocenters. The molecule has 3 rings (SSSR count). The molecule has 32 heavy (non-hydrogen) atoms. The minimum Gasteiger partial charge on any atom is -0.497 e. The molecule has 2 aromatic carbocycles. The molecule has 1 aromatic heterocycles. The number of carbonyl (C=O) groups excluding carboxylic acids is 2. The molecule has 1 heterocycles. The Morgan fingerprint density at radius 2 is 1.81 bits per heavy atom. The lowest BCUT2D eigenvalue weighted by Crippen LogP contribution is -2.41. The second-order valence-corrected chi connectivity index (χ2v) is 8.24. The third-order valence-corrected chi connectivity index (χ3v) is 5.36. The van der Waals surface area contributed by atoms with E-state index in [0.717, 1.165) is 16.2 Å². The van der Waals surface area contributed by atoms with Crippen LogP contribution >= 0.6 is 11.3 Å². The highest BCUT2D eigenvalue weighted by Crippen LogP contribution is 2.17. The van der Waals surface area contributed by atoms with Gasteiger partial charge in [0.1, 0.15) is 23.8 Å². The molecule has 7 heteroatoms. The van der Waals surface area contributed by atoms with Crippen LogP contribution in [-0.4, -0.2) is 31.6 Å². The summed E-state index contributed by atoms with van der Waals surface area (Å²) >= 11 is 1.48. The van der Waals surface area contributed by atoms with Crippen molar-refractivity contribution in [3.63, 3.8) is 0 Å². The number of benzene rings is 2. The van der Waals surface area contributed by atoms with Gasteiger partial charge in [-0.15, -0.1) is 11.3 Å². The summed E-state index contributed by atoms with van der Waals surface area (Å²) in [5.74, 6) is 0.694. The second kappa shape index (κ2) is 11.2. The molecule has 1 atom stereocenters. The molecule has 3 aromatic rings. The van der Waals surface area contributed by atoms with Gasteiger partial charge >= 0.3 is 0 Å². The van der Waals surface area contributed by atoms with Crippen LogP contribution < -0.4 is 20.1 Å². The predicted molar refractivity (Wildman–Crippen MR) is 127 cm³/mol. The SMILES string of the molecule is COc1ccc(OC[C@H](C)NC(=O)/C(=C/c2cccs2)NC(=O)c2cccc(C)c2)cc1. The van der Waals surface area contributed by atoms with Crippen LogP contribution in [0.15, 0.2) is 71.7 Å². The van der Waals surface area contributed by atoms with E-state index in [9.17, 15) is 9.59 Å². The average molecular weight is 451 g/mol. The van der Waals surface area contributed by atoms with Gasteiger partial charge in [-0.2, -0.15) is 0 Å². The number of aryl methyl sites for hydroxylation is 1. The Morgan fingerprint density at radius 1 is 1.06 bits per heavy atom. The number of carbonyl (C=O) groups is 2. The molecule has 6 nitrogen and oxygen atoms in total. The van der Waals surface area contributed by atoms with E-state index in [1.165, 1.54) is 11.3 Å². The van der Waals surface area contributed by atoms with Gasteiger partial charge in [0.05, 0.1) is 13.2 Å². The summed E-state index contributed by atoms with van der Waals surface area (Å²) in [6.45, 7) is 4.03. The Morgan fingerprint density at radius 3 is 2.47 bits per heavy atom. The zero-order valence-electron chi connectivity index (χ0n) is 18.3. The summed E-state index contributed by atoms with van der Waals surface area (Å²) in [7, 11) is 1.60. The average Bonchev–Trinajstić information content (AvgIpc) is 3.30. The van der Waals surface area contributed by atoms with Crippen LogP contribution in [0.25, 0.3) is 6.08 Å². The van der Waals surface area contributed by atoms with Gasteiger partial charge in [0, 0.05) is 10.4 Å². The van der Waals surface area contributed by atoms with Crippen LogP contribution in [0, 0.1) is 6.92 Å². The summed E-state index contributed by atoms with van der Waals surface area (Å²) in [6.07, 6.45) is 1.67. The maximum atomic E-state index is 12.9. The van der Waals surface area contributed by atoms with E-state index in [0.29, 0.717) is 11.3 Å². The topological polar surface area (TPSA) is 76.7 Å². The highest BCUT2D eigenvalue weighted by molar-refractivity contribution is 7.10. The van der Waals surface area contributed by atoms with E-state index in [4.69, 9.17) is 9.47 Å². The summed E-state index contributed by atoms with van der Waals surface area (Å²) in [6, 6.07) is 17.9. The van der Waals surface area contributed by atoms with Crippen molar-refractivity contribution in [3.05, 3.63) is 87.7 Å². The first-order chi connectivity index (χ1) is 15.4. The number of rotatable bonds is 9. The Hall–Kier alpha value is -3.58. The first-order valence-electron chi connectivity index (χ1n) is 10.2. The van der Waals surface area contributed by atoms with Crippen LogP contribution in [0.1, 0.15) is 27.7 Å². The fourth-order valence-electron chi connectivity index (χ4n) is 2.89. The van der Waals surface area contributed by atoms with Gasteiger partial charge < -0.3 is 20.1 Å². The minimum absolute atomic E-state index is 0.176. The summed E-state index contributed by atoms with van der Waals surface area (Å²) < 4.78 is 10.9. The van der Waals surface area contributed by atoms with Crippen molar-refractivity contribution in [1.29, 1.82) is 0 Å². The molecule has 0 aliphatic heterocycles. The molecule has 0 spiro atoms.